The quantitative estimate of drug-likeness (QED) is 0.484. The maximum absolute atomic E-state index is 3.82. The summed E-state index contributed by atoms with van der Waals surface area (Å²) in [6.07, 6.45) is 0. The van der Waals surface area contributed by atoms with E-state index in [0.29, 0.717) is 0 Å². The summed E-state index contributed by atoms with van der Waals surface area (Å²) in [5, 5.41) is 5.83. The minimum Gasteiger partial charge on any atom is -0.296 e. The Bertz CT molecular complexity index is 78.5. The van der Waals surface area contributed by atoms with Crippen LogP contribution in [0.4, 0.5) is 0 Å². The van der Waals surface area contributed by atoms with Gasteiger partial charge < -0.3 is 0 Å². The van der Waals surface area contributed by atoms with Crippen molar-refractivity contribution in [3.05, 3.63) is 0 Å². The van der Waals surface area contributed by atoms with E-state index in [0.717, 1.165) is 13.1 Å². The summed E-state index contributed by atoms with van der Waals surface area (Å²) in [7, 11) is 0. The minimum absolute atomic E-state index is 1.08. The van der Waals surface area contributed by atoms with Crippen molar-refractivity contribution < 1.29 is 0 Å². The average Bonchev–Trinajstić information content (AvgIpc) is 1.90. The van der Waals surface area contributed by atoms with E-state index in [1.807, 2.05) is 16.8 Å². The molecule has 0 unspecified atom stereocenters. The third kappa shape index (κ3) is 1.40. The second-order valence-electron chi connectivity index (χ2n) is 1.71. The number of thioether (sulfide) groups is 1. The number of hydrazone groups is 1. The first-order chi connectivity index (χ1) is 3.93. The summed E-state index contributed by atoms with van der Waals surface area (Å²) in [6, 6.07) is 0. The fourth-order valence-corrected chi connectivity index (χ4v) is 1.58. The van der Waals surface area contributed by atoms with Crippen molar-refractivity contribution in [2.45, 2.75) is 0 Å². The predicted octanol–water partition coefficient (Wildman–Crippen LogP) is 0.651. The molecule has 0 amide bonds. The molecule has 0 atom stereocenters. The Morgan fingerprint density at radius 1 is 1.38 bits per heavy atom. The van der Waals surface area contributed by atoms with E-state index in [-0.39, 0.29) is 0 Å². The Balaban J connectivity index is 2.22. The SMILES string of the molecule is C=NN1CCSCC1. The Kier molecular flexibility index (Phi) is 2.21. The molecule has 0 spiro atoms. The van der Waals surface area contributed by atoms with Crippen LogP contribution in [-0.2, 0) is 0 Å². The van der Waals surface area contributed by atoms with Crippen molar-refractivity contribution in [3.8, 4) is 0 Å². The first-order valence-electron chi connectivity index (χ1n) is 2.73. The molecule has 0 aliphatic carbocycles. The summed E-state index contributed by atoms with van der Waals surface area (Å²) in [6.45, 7) is 5.61. The number of hydrogen-bond donors (Lipinski definition) is 0. The second-order valence-corrected chi connectivity index (χ2v) is 2.93. The van der Waals surface area contributed by atoms with Gasteiger partial charge in [-0.15, -0.1) is 0 Å². The number of nitrogens with zero attached hydrogens (tertiary/aromatic N) is 2. The second kappa shape index (κ2) is 2.97. The molecule has 0 radical (unpaired) electrons. The molecule has 1 aliphatic heterocycles. The van der Waals surface area contributed by atoms with Crippen molar-refractivity contribution >= 4 is 18.5 Å². The van der Waals surface area contributed by atoms with Gasteiger partial charge in [-0.05, 0) is 0 Å². The Morgan fingerprint density at radius 2 is 2.00 bits per heavy atom. The molecule has 1 aliphatic rings. The topological polar surface area (TPSA) is 15.6 Å². The predicted molar refractivity (Wildman–Crippen MR) is 38.4 cm³/mol. The molecule has 0 aromatic carbocycles. The van der Waals surface area contributed by atoms with Gasteiger partial charge in [0.15, 0.2) is 0 Å². The molecule has 2 nitrogen and oxygen atoms in total. The Labute approximate surface area is 53.9 Å². The third-order valence-electron chi connectivity index (χ3n) is 1.19. The highest BCUT2D eigenvalue weighted by molar-refractivity contribution is 7.99. The first-order valence-corrected chi connectivity index (χ1v) is 3.88. The zero-order valence-electron chi connectivity index (χ0n) is 4.84. The zero-order chi connectivity index (χ0) is 5.82. The van der Waals surface area contributed by atoms with Gasteiger partial charge in [-0.3, -0.25) is 5.01 Å². The maximum Gasteiger partial charge on any atom is 0.0451 e. The lowest BCUT2D eigenvalue weighted by molar-refractivity contribution is 0.323. The molecule has 1 saturated heterocycles. The summed E-state index contributed by atoms with van der Waals surface area (Å²) in [4.78, 5) is 0. The largest absolute Gasteiger partial charge is 0.296 e. The molecule has 0 aromatic rings. The van der Waals surface area contributed by atoms with E-state index < -0.39 is 0 Å². The van der Waals surface area contributed by atoms with Crippen LogP contribution in [0.3, 0.4) is 0 Å². The van der Waals surface area contributed by atoms with E-state index in [1.54, 1.807) is 0 Å². The summed E-state index contributed by atoms with van der Waals surface area (Å²) in [5.74, 6) is 2.41. The van der Waals surface area contributed by atoms with Crippen LogP contribution in [-0.4, -0.2) is 36.3 Å². The molecule has 0 bridgehead atoms. The van der Waals surface area contributed by atoms with Crippen LogP contribution in [0, 0.1) is 0 Å². The van der Waals surface area contributed by atoms with Gasteiger partial charge in [0.1, 0.15) is 0 Å². The lowest BCUT2D eigenvalue weighted by atomic mass is 10.6. The third-order valence-corrected chi connectivity index (χ3v) is 2.13. The lowest BCUT2D eigenvalue weighted by Gasteiger charge is -2.22. The molecular formula is C5H10N2S. The monoisotopic (exact) mass is 130 g/mol. The molecule has 1 fully saturated rings. The molecular weight excluding hydrogens is 120 g/mol. The fraction of sp³-hybridized carbons (Fsp3) is 0.800. The highest BCUT2D eigenvalue weighted by Crippen LogP contribution is 2.07. The molecule has 3 heteroatoms. The smallest absolute Gasteiger partial charge is 0.0451 e. The van der Waals surface area contributed by atoms with Crippen molar-refractivity contribution in [3.63, 3.8) is 0 Å². The standard InChI is InChI=1S/C5H10N2S/c1-6-7-2-4-8-5-3-7/h1-5H2. The molecule has 0 N–H and O–H groups in total. The van der Waals surface area contributed by atoms with Gasteiger partial charge in [-0.2, -0.15) is 16.9 Å². The first kappa shape index (κ1) is 5.95. The van der Waals surface area contributed by atoms with Crippen LogP contribution in [0.15, 0.2) is 5.10 Å². The minimum atomic E-state index is 1.08. The molecule has 46 valence electrons. The fourth-order valence-electron chi connectivity index (χ4n) is 0.695. The van der Waals surface area contributed by atoms with Crippen molar-refractivity contribution in [2.75, 3.05) is 24.6 Å². The highest BCUT2D eigenvalue weighted by Gasteiger charge is 2.04. The van der Waals surface area contributed by atoms with E-state index in [4.69, 9.17) is 0 Å². The van der Waals surface area contributed by atoms with Crippen molar-refractivity contribution in [1.29, 1.82) is 0 Å². The summed E-state index contributed by atoms with van der Waals surface area (Å²) in [5.41, 5.74) is 0. The van der Waals surface area contributed by atoms with Gasteiger partial charge in [0.05, 0.1) is 0 Å². The van der Waals surface area contributed by atoms with E-state index in [2.05, 4.69) is 11.8 Å². The molecule has 0 aromatic heterocycles. The molecule has 8 heavy (non-hydrogen) atoms. The van der Waals surface area contributed by atoms with Gasteiger partial charge in [0, 0.05) is 31.3 Å². The highest BCUT2D eigenvalue weighted by atomic mass is 32.2. The normalized spacial score (nSPS) is 20.8. The van der Waals surface area contributed by atoms with Crippen molar-refractivity contribution in [2.24, 2.45) is 5.10 Å². The molecule has 1 heterocycles. The Morgan fingerprint density at radius 3 is 2.38 bits per heavy atom. The summed E-state index contributed by atoms with van der Waals surface area (Å²) >= 11 is 1.98. The summed E-state index contributed by atoms with van der Waals surface area (Å²) < 4.78 is 0. The lowest BCUT2D eigenvalue weighted by Crippen LogP contribution is -2.27. The van der Waals surface area contributed by atoms with E-state index in [1.165, 1.54) is 11.5 Å². The van der Waals surface area contributed by atoms with Crippen LogP contribution in [0.2, 0.25) is 0 Å². The van der Waals surface area contributed by atoms with Gasteiger partial charge in [0.25, 0.3) is 0 Å². The zero-order valence-corrected chi connectivity index (χ0v) is 5.65. The van der Waals surface area contributed by atoms with Crippen molar-refractivity contribution in [1.82, 2.24) is 5.01 Å². The average molecular weight is 130 g/mol. The number of rotatable bonds is 1. The van der Waals surface area contributed by atoms with Gasteiger partial charge >= 0.3 is 0 Å². The molecule has 0 saturated carbocycles. The number of hydrogen-bond acceptors (Lipinski definition) is 3. The van der Waals surface area contributed by atoms with Crippen LogP contribution in [0.25, 0.3) is 0 Å². The van der Waals surface area contributed by atoms with Crippen LogP contribution in [0.5, 0.6) is 0 Å². The van der Waals surface area contributed by atoms with Crippen LogP contribution < -0.4 is 0 Å². The van der Waals surface area contributed by atoms with Gasteiger partial charge in [-0.25, -0.2) is 0 Å². The Hall–Kier alpha value is -0.180. The van der Waals surface area contributed by atoms with Crippen LogP contribution >= 0.6 is 11.8 Å². The van der Waals surface area contributed by atoms with Crippen LogP contribution in [0.1, 0.15) is 0 Å². The van der Waals surface area contributed by atoms with E-state index >= 15 is 0 Å². The molecule has 1 rings (SSSR count). The maximum atomic E-state index is 3.82. The van der Waals surface area contributed by atoms with Gasteiger partial charge in [0.2, 0.25) is 0 Å². The van der Waals surface area contributed by atoms with E-state index in [9.17, 15) is 0 Å². The van der Waals surface area contributed by atoms with Gasteiger partial charge in [-0.1, -0.05) is 0 Å².